The topological polar surface area (TPSA) is 40.5 Å². The highest BCUT2D eigenvalue weighted by molar-refractivity contribution is 5.99. The molecular formula is C16H25NO2. The molecule has 0 saturated carbocycles. The molecule has 1 aromatic rings. The summed E-state index contributed by atoms with van der Waals surface area (Å²) in [5.41, 5.74) is 4.22. The molecule has 0 spiro atoms. The van der Waals surface area contributed by atoms with Crippen LogP contribution in [0.3, 0.4) is 0 Å². The van der Waals surface area contributed by atoms with Gasteiger partial charge in [0.15, 0.2) is 5.78 Å². The van der Waals surface area contributed by atoms with Gasteiger partial charge in [-0.25, -0.2) is 0 Å². The SMILES string of the molecule is Cc1cc(C)c(C(=O)CN(C)CCC(C)O)cc1C. The summed E-state index contributed by atoms with van der Waals surface area (Å²) in [6.07, 6.45) is 0.372. The number of aliphatic hydroxyl groups excluding tert-OH is 1. The number of hydrogen-bond acceptors (Lipinski definition) is 3. The molecular weight excluding hydrogens is 238 g/mol. The van der Waals surface area contributed by atoms with Gasteiger partial charge >= 0.3 is 0 Å². The Hall–Kier alpha value is -1.19. The van der Waals surface area contributed by atoms with Crippen LogP contribution in [-0.4, -0.2) is 42.0 Å². The van der Waals surface area contributed by atoms with Crippen LogP contribution in [0, 0.1) is 20.8 Å². The second kappa shape index (κ2) is 6.83. The van der Waals surface area contributed by atoms with Gasteiger partial charge in [0.05, 0.1) is 12.6 Å². The van der Waals surface area contributed by atoms with Gasteiger partial charge in [-0.2, -0.15) is 0 Å². The van der Waals surface area contributed by atoms with Crippen molar-refractivity contribution in [3.63, 3.8) is 0 Å². The Morgan fingerprint density at radius 2 is 1.79 bits per heavy atom. The quantitative estimate of drug-likeness (QED) is 0.802. The van der Waals surface area contributed by atoms with Crippen molar-refractivity contribution in [3.8, 4) is 0 Å². The van der Waals surface area contributed by atoms with Gasteiger partial charge in [-0.05, 0) is 63.9 Å². The zero-order valence-electron chi connectivity index (χ0n) is 12.7. The predicted octanol–water partition coefficient (Wildman–Crippen LogP) is 2.50. The van der Waals surface area contributed by atoms with E-state index in [1.54, 1.807) is 6.92 Å². The smallest absolute Gasteiger partial charge is 0.177 e. The Bertz CT molecular complexity index is 452. The Labute approximate surface area is 116 Å². The standard InChI is InChI=1S/C16H25NO2/c1-11-8-13(3)15(9-12(11)2)16(19)10-17(5)7-6-14(4)18/h8-9,14,18H,6-7,10H2,1-5H3. The van der Waals surface area contributed by atoms with E-state index < -0.39 is 0 Å². The number of carbonyl (C=O) groups excluding carboxylic acids is 1. The minimum absolute atomic E-state index is 0.147. The average Bonchev–Trinajstić information content (AvgIpc) is 2.31. The third-order valence-electron chi connectivity index (χ3n) is 3.48. The summed E-state index contributed by atoms with van der Waals surface area (Å²) in [5, 5.41) is 9.25. The molecule has 0 radical (unpaired) electrons. The van der Waals surface area contributed by atoms with Crippen molar-refractivity contribution >= 4 is 5.78 Å². The maximum atomic E-state index is 12.3. The number of ketones is 1. The van der Waals surface area contributed by atoms with Crippen molar-refractivity contribution in [2.45, 2.75) is 40.2 Å². The molecule has 0 aliphatic rings. The normalized spacial score (nSPS) is 12.8. The molecule has 1 aromatic carbocycles. The molecule has 0 saturated heterocycles. The number of likely N-dealkylation sites (N-methyl/N-ethyl adjacent to an activating group) is 1. The van der Waals surface area contributed by atoms with Crippen LogP contribution in [0.25, 0.3) is 0 Å². The van der Waals surface area contributed by atoms with Crippen LogP contribution >= 0.6 is 0 Å². The van der Waals surface area contributed by atoms with Gasteiger partial charge in [0, 0.05) is 12.1 Å². The van der Waals surface area contributed by atoms with E-state index in [1.807, 2.05) is 31.9 Å². The van der Waals surface area contributed by atoms with Crippen LogP contribution in [0.1, 0.15) is 40.4 Å². The monoisotopic (exact) mass is 263 g/mol. The second-order valence-electron chi connectivity index (χ2n) is 5.55. The fourth-order valence-electron chi connectivity index (χ4n) is 2.08. The summed E-state index contributed by atoms with van der Waals surface area (Å²) in [4.78, 5) is 14.2. The van der Waals surface area contributed by atoms with Crippen LogP contribution in [0.5, 0.6) is 0 Å². The molecule has 0 aliphatic carbocycles. The third-order valence-corrected chi connectivity index (χ3v) is 3.48. The molecule has 3 heteroatoms. The molecule has 106 valence electrons. The number of aryl methyl sites for hydroxylation is 3. The minimum Gasteiger partial charge on any atom is -0.393 e. The van der Waals surface area contributed by atoms with E-state index in [-0.39, 0.29) is 11.9 Å². The summed E-state index contributed by atoms with van der Waals surface area (Å²) < 4.78 is 0. The number of benzene rings is 1. The highest BCUT2D eigenvalue weighted by Crippen LogP contribution is 2.16. The van der Waals surface area contributed by atoms with Crippen LogP contribution in [-0.2, 0) is 0 Å². The molecule has 1 unspecified atom stereocenters. The molecule has 0 amide bonds. The molecule has 0 bridgehead atoms. The molecule has 0 heterocycles. The molecule has 1 N–H and O–H groups in total. The number of Topliss-reactive ketones (excluding diaryl/α,β-unsaturated/α-hetero) is 1. The fourth-order valence-corrected chi connectivity index (χ4v) is 2.08. The van der Waals surface area contributed by atoms with Gasteiger partial charge in [0.1, 0.15) is 0 Å². The number of nitrogens with zero attached hydrogens (tertiary/aromatic N) is 1. The maximum Gasteiger partial charge on any atom is 0.177 e. The summed E-state index contributed by atoms with van der Waals surface area (Å²) in [6.45, 7) is 8.97. The van der Waals surface area contributed by atoms with Crippen molar-refractivity contribution in [1.82, 2.24) is 4.90 Å². The van der Waals surface area contributed by atoms with E-state index in [0.717, 1.165) is 23.2 Å². The number of hydrogen-bond donors (Lipinski definition) is 1. The molecule has 0 aliphatic heterocycles. The fraction of sp³-hybridized carbons (Fsp3) is 0.562. The van der Waals surface area contributed by atoms with Gasteiger partial charge < -0.3 is 5.11 Å². The summed E-state index contributed by atoms with van der Waals surface area (Å²) in [7, 11) is 1.91. The molecule has 1 atom stereocenters. The lowest BCUT2D eigenvalue weighted by atomic mass is 9.98. The van der Waals surface area contributed by atoms with E-state index >= 15 is 0 Å². The Morgan fingerprint density at radius 3 is 2.37 bits per heavy atom. The highest BCUT2D eigenvalue weighted by atomic mass is 16.3. The van der Waals surface area contributed by atoms with Crippen LogP contribution in [0.4, 0.5) is 0 Å². The first-order valence-corrected chi connectivity index (χ1v) is 6.79. The Balaban J connectivity index is 2.70. The van der Waals surface area contributed by atoms with Gasteiger partial charge in [0.25, 0.3) is 0 Å². The summed E-state index contributed by atoms with van der Waals surface area (Å²) in [5.74, 6) is 0.147. The lowest BCUT2D eigenvalue weighted by Gasteiger charge is -2.17. The number of rotatable bonds is 6. The van der Waals surface area contributed by atoms with E-state index in [9.17, 15) is 9.90 Å². The van der Waals surface area contributed by atoms with E-state index in [1.165, 1.54) is 5.56 Å². The molecule has 19 heavy (non-hydrogen) atoms. The highest BCUT2D eigenvalue weighted by Gasteiger charge is 2.13. The molecule has 0 aromatic heterocycles. The number of aliphatic hydroxyl groups is 1. The first-order valence-electron chi connectivity index (χ1n) is 6.79. The van der Waals surface area contributed by atoms with Gasteiger partial charge in [0.2, 0.25) is 0 Å². The van der Waals surface area contributed by atoms with E-state index in [2.05, 4.69) is 13.0 Å². The van der Waals surface area contributed by atoms with Crippen molar-refractivity contribution in [3.05, 3.63) is 34.4 Å². The maximum absolute atomic E-state index is 12.3. The summed E-state index contributed by atoms with van der Waals surface area (Å²) >= 11 is 0. The van der Waals surface area contributed by atoms with Gasteiger partial charge in [-0.3, -0.25) is 9.69 Å². The van der Waals surface area contributed by atoms with Crippen LogP contribution in [0.2, 0.25) is 0 Å². The predicted molar refractivity (Wildman–Crippen MR) is 78.8 cm³/mol. The Morgan fingerprint density at radius 1 is 1.21 bits per heavy atom. The average molecular weight is 263 g/mol. The van der Waals surface area contributed by atoms with E-state index in [0.29, 0.717) is 13.0 Å². The molecule has 3 nitrogen and oxygen atoms in total. The summed E-state index contributed by atoms with van der Waals surface area (Å²) in [6, 6.07) is 4.05. The lowest BCUT2D eigenvalue weighted by molar-refractivity contribution is 0.0931. The lowest BCUT2D eigenvalue weighted by Crippen LogP contribution is -2.29. The third kappa shape index (κ3) is 4.77. The Kier molecular flexibility index (Phi) is 5.70. The van der Waals surface area contributed by atoms with Crippen molar-refractivity contribution in [1.29, 1.82) is 0 Å². The second-order valence-corrected chi connectivity index (χ2v) is 5.55. The zero-order chi connectivity index (χ0) is 14.6. The van der Waals surface area contributed by atoms with Crippen LogP contribution < -0.4 is 0 Å². The number of carbonyl (C=O) groups is 1. The van der Waals surface area contributed by atoms with E-state index in [4.69, 9.17) is 0 Å². The van der Waals surface area contributed by atoms with Gasteiger partial charge in [-0.1, -0.05) is 6.07 Å². The minimum atomic E-state index is -0.319. The van der Waals surface area contributed by atoms with Gasteiger partial charge in [-0.15, -0.1) is 0 Å². The first kappa shape index (κ1) is 15.9. The van der Waals surface area contributed by atoms with Crippen molar-refractivity contribution < 1.29 is 9.90 Å². The van der Waals surface area contributed by atoms with Crippen LogP contribution in [0.15, 0.2) is 12.1 Å². The largest absolute Gasteiger partial charge is 0.393 e. The first-order chi connectivity index (χ1) is 8.81. The van der Waals surface area contributed by atoms with Crippen molar-refractivity contribution in [2.24, 2.45) is 0 Å². The van der Waals surface area contributed by atoms with Crippen molar-refractivity contribution in [2.75, 3.05) is 20.1 Å². The molecule has 1 rings (SSSR count). The zero-order valence-corrected chi connectivity index (χ0v) is 12.7. The molecule has 0 fully saturated rings.